The molecule has 3 nitrogen and oxygen atoms in total. The van der Waals surface area contributed by atoms with E-state index in [1.54, 1.807) is 0 Å². The van der Waals surface area contributed by atoms with E-state index in [9.17, 15) is 0 Å². The van der Waals surface area contributed by atoms with Gasteiger partial charge in [-0.25, -0.2) is 9.97 Å². The summed E-state index contributed by atoms with van der Waals surface area (Å²) in [7, 11) is 0. The number of hydrogen-bond donors (Lipinski definition) is 1. The molecule has 0 bridgehead atoms. The van der Waals surface area contributed by atoms with Crippen LogP contribution in [0.4, 0.5) is 0 Å². The van der Waals surface area contributed by atoms with Crippen molar-refractivity contribution >= 4 is 0 Å². The van der Waals surface area contributed by atoms with Crippen molar-refractivity contribution in [3.8, 4) is 0 Å². The van der Waals surface area contributed by atoms with E-state index >= 15 is 0 Å². The van der Waals surface area contributed by atoms with E-state index in [4.69, 9.17) is 0 Å². The quantitative estimate of drug-likeness (QED) is 0.797. The summed E-state index contributed by atoms with van der Waals surface area (Å²) in [6.07, 6.45) is 2.05. The van der Waals surface area contributed by atoms with Crippen molar-refractivity contribution < 1.29 is 0 Å². The van der Waals surface area contributed by atoms with Crippen molar-refractivity contribution in [1.29, 1.82) is 0 Å². The maximum atomic E-state index is 4.64. The number of nitrogens with zero attached hydrogens (tertiary/aromatic N) is 2. The van der Waals surface area contributed by atoms with Gasteiger partial charge in [-0.2, -0.15) is 0 Å². The molecule has 15 heavy (non-hydrogen) atoms. The molecule has 0 saturated heterocycles. The van der Waals surface area contributed by atoms with E-state index in [-0.39, 0.29) is 0 Å². The first-order valence-electron chi connectivity index (χ1n) is 5.73. The van der Waals surface area contributed by atoms with Crippen LogP contribution in [0.15, 0.2) is 0 Å². The third-order valence-electron chi connectivity index (χ3n) is 2.78. The van der Waals surface area contributed by atoms with E-state index in [0.29, 0.717) is 5.92 Å². The van der Waals surface area contributed by atoms with E-state index in [0.717, 1.165) is 31.8 Å². The average Bonchev–Trinajstić information content (AvgIpc) is 2.16. The smallest absolute Gasteiger partial charge is 0.129 e. The van der Waals surface area contributed by atoms with E-state index in [1.807, 2.05) is 0 Å². The fourth-order valence-corrected chi connectivity index (χ4v) is 2.07. The lowest BCUT2D eigenvalue weighted by atomic mass is 10.0. The van der Waals surface area contributed by atoms with Gasteiger partial charge in [-0.05, 0) is 31.4 Å². The lowest BCUT2D eigenvalue weighted by Crippen LogP contribution is -2.26. The van der Waals surface area contributed by atoms with Crippen LogP contribution in [0, 0.1) is 12.8 Å². The maximum Gasteiger partial charge on any atom is 0.129 e. The van der Waals surface area contributed by atoms with Gasteiger partial charge in [0.1, 0.15) is 5.82 Å². The van der Waals surface area contributed by atoms with Gasteiger partial charge in [-0.3, -0.25) is 0 Å². The predicted molar refractivity (Wildman–Crippen MR) is 60.7 cm³/mol. The average molecular weight is 205 g/mol. The summed E-state index contributed by atoms with van der Waals surface area (Å²) in [5, 5.41) is 3.36. The molecule has 0 unspecified atom stereocenters. The summed E-state index contributed by atoms with van der Waals surface area (Å²) in [4.78, 5) is 9.23. The van der Waals surface area contributed by atoms with Crippen molar-refractivity contribution in [3.05, 3.63) is 22.8 Å². The second-order valence-electron chi connectivity index (χ2n) is 4.68. The van der Waals surface area contributed by atoms with Gasteiger partial charge in [0.2, 0.25) is 0 Å². The zero-order chi connectivity index (χ0) is 10.8. The van der Waals surface area contributed by atoms with Crippen molar-refractivity contribution in [2.45, 2.75) is 40.2 Å². The fourth-order valence-electron chi connectivity index (χ4n) is 2.07. The van der Waals surface area contributed by atoms with Gasteiger partial charge in [0.05, 0.1) is 5.69 Å². The monoisotopic (exact) mass is 205 g/mol. The molecule has 0 aromatic carbocycles. The zero-order valence-corrected chi connectivity index (χ0v) is 9.80. The van der Waals surface area contributed by atoms with Gasteiger partial charge in [-0.1, -0.05) is 13.8 Å². The maximum absolute atomic E-state index is 4.64. The third kappa shape index (κ3) is 2.34. The molecule has 0 aliphatic carbocycles. The summed E-state index contributed by atoms with van der Waals surface area (Å²) in [5.74, 6) is 1.63. The van der Waals surface area contributed by atoms with Crippen molar-refractivity contribution in [3.63, 3.8) is 0 Å². The molecule has 2 rings (SSSR count). The van der Waals surface area contributed by atoms with Crippen LogP contribution in [0.1, 0.15) is 36.6 Å². The van der Waals surface area contributed by atoms with Crippen molar-refractivity contribution in [1.82, 2.24) is 15.3 Å². The van der Waals surface area contributed by atoms with Crippen LogP contribution >= 0.6 is 0 Å². The molecular formula is C12H19N3. The molecule has 0 amide bonds. The van der Waals surface area contributed by atoms with Crippen LogP contribution in [0.2, 0.25) is 0 Å². The zero-order valence-electron chi connectivity index (χ0n) is 9.80. The van der Waals surface area contributed by atoms with Crippen LogP contribution in [0.3, 0.4) is 0 Å². The summed E-state index contributed by atoms with van der Waals surface area (Å²) < 4.78 is 0. The number of aryl methyl sites for hydroxylation is 1. The van der Waals surface area contributed by atoms with Gasteiger partial charge in [0.15, 0.2) is 0 Å². The number of rotatable bonds is 2. The molecule has 0 saturated carbocycles. The predicted octanol–water partition coefficient (Wildman–Crippen LogP) is 1.63. The highest BCUT2D eigenvalue weighted by atomic mass is 15.0. The molecule has 0 radical (unpaired) electrons. The molecule has 3 heteroatoms. The topological polar surface area (TPSA) is 37.8 Å². The number of nitrogens with one attached hydrogen (secondary N) is 1. The van der Waals surface area contributed by atoms with Crippen molar-refractivity contribution in [2.24, 2.45) is 5.92 Å². The van der Waals surface area contributed by atoms with Gasteiger partial charge in [0, 0.05) is 18.7 Å². The van der Waals surface area contributed by atoms with Crippen LogP contribution in [-0.4, -0.2) is 16.5 Å². The Balaban J connectivity index is 2.32. The van der Waals surface area contributed by atoms with Gasteiger partial charge in [0.25, 0.3) is 0 Å². The Bertz CT molecular complexity index is 358. The van der Waals surface area contributed by atoms with Gasteiger partial charge in [-0.15, -0.1) is 0 Å². The normalized spacial score (nSPS) is 15.5. The summed E-state index contributed by atoms with van der Waals surface area (Å²) >= 11 is 0. The molecule has 0 fully saturated rings. The number of fused-ring (bicyclic) bond motifs is 1. The molecule has 1 aliphatic rings. The molecular weight excluding hydrogens is 186 g/mol. The first-order chi connectivity index (χ1) is 7.16. The highest BCUT2D eigenvalue weighted by molar-refractivity contribution is 5.27. The minimum absolute atomic E-state index is 0.624. The van der Waals surface area contributed by atoms with Gasteiger partial charge >= 0.3 is 0 Å². The van der Waals surface area contributed by atoms with Crippen molar-refractivity contribution in [2.75, 3.05) is 6.54 Å². The Labute approximate surface area is 91.3 Å². The van der Waals surface area contributed by atoms with Crippen LogP contribution in [-0.2, 0) is 19.4 Å². The van der Waals surface area contributed by atoms with E-state index < -0.39 is 0 Å². The minimum atomic E-state index is 0.624. The van der Waals surface area contributed by atoms with Crippen LogP contribution < -0.4 is 5.32 Å². The summed E-state index contributed by atoms with van der Waals surface area (Å²) in [6.45, 7) is 8.48. The van der Waals surface area contributed by atoms with Crippen LogP contribution in [0.5, 0.6) is 0 Å². The molecule has 0 spiro atoms. The molecule has 82 valence electrons. The largest absolute Gasteiger partial charge is 0.311 e. The Morgan fingerprint density at radius 2 is 2.13 bits per heavy atom. The minimum Gasteiger partial charge on any atom is -0.311 e. The molecule has 1 aromatic heterocycles. The first-order valence-corrected chi connectivity index (χ1v) is 5.73. The molecule has 1 aromatic rings. The molecule has 2 heterocycles. The van der Waals surface area contributed by atoms with Gasteiger partial charge < -0.3 is 5.32 Å². The standard InChI is InChI=1S/C12H19N3/c1-8(2)6-12-14-9(3)10-4-5-13-7-11(10)15-12/h8,13H,4-7H2,1-3H3. The lowest BCUT2D eigenvalue weighted by molar-refractivity contribution is 0.584. The Hall–Kier alpha value is -0.960. The highest BCUT2D eigenvalue weighted by Gasteiger charge is 2.15. The van der Waals surface area contributed by atoms with E-state index in [2.05, 4.69) is 36.1 Å². The second-order valence-corrected chi connectivity index (χ2v) is 4.68. The summed E-state index contributed by atoms with van der Waals surface area (Å²) in [5.41, 5.74) is 3.75. The summed E-state index contributed by atoms with van der Waals surface area (Å²) in [6, 6.07) is 0. The Kier molecular flexibility index (Phi) is 3.00. The Morgan fingerprint density at radius 3 is 2.87 bits per heavy atom. The number of aromatic nitrogens is 2. The molecule has 1 aliphatic heterocycles. The lowest BCUT2D eigenvalue weighted by Gasteiger charge is -2.19. The second kappa shape index (κ2) is 4.27. The van der Waals surface area contributed by atoms with Crippen LogP contribution in [0.25, 0.3) is 0 Å². The fraction of sp³-hybridized carbons (Fsp3) is 0.667. The third-order valence-corrected chi connectivity index (χ3v) is 2.78. The Morgan fingerprint density at radius 1 is 1.33 bits per heavy atom. The SMILES string of the molecule is Cc1nc(CC(C)C)nc2c1CCNC2. The molecule has 1 N–H and O–H groups in total. The highest BCUT2D eigenvalue weighted by Crippen LogP contribution is 2.16. The number of hydrogen-bond acceptors (Lipinski definition) is 3. The molecule has 0 atom stereocenters. The van der Waals surface area contributed by atoms with E-state index in [1.165, 1.54) is 17.0 Å². The first kappa shape index (κ1) is 10.6.